The molecule has 4 heteroatoms. The van der Waals surface area contributed by atoms with Crippen molar-refractivity contribution in [3.8, 4) is 0 Å². The van der Waals surface area contributed by atoms with Gasteiger partial charge in [-0.3, -0.25) is 0 Å². The maximum atomic E-state index is 5.73. The first kappa shape index (κ1) is 13.1. The summed E-state index contributed by atoms with van der Waals surface area (Å²) in [6, 6.07) is 10.3. The molecule has 2 rings (SSSR count). The Labute approximate surface area is 112 Å². The number of aromatic nitrogens is 2. The summed E-state index contributed by atoms with van der Waals surface area (Å²) in [4.78, 5) is 4.41. The summed E-state index contributed by atoms with van der Waals surface area (Å²) >= 11 is 5.73. The van der Waals surface area contributed by atoms with E-state index in [1.807, 2.05) is 18.2 Å². The van der Waals surface area contributed by atoms with Crippen LogP contribution in [0.4, 0.5) is 0 Å². The Morgan fingerprint density at radius 1 is 1.17 bits per heavy atom. The lowest BCUT2D eigenvalue weighted by atomic mass is 9.75. The van der Waals surface area contributed by atoms with Crippen LogP contribution >= 0.6 is 11.6 Å². The predicted octanol–water partition coefficient (Wildman–Crippen LogP) is 3.91. The molecule has 0 unspecified atom stereocenters. The molecule has 18 heavy (non-hydrogen) atoms. The molecule has 0 atom stereocenters. The molecule has 2 aromatic rings. The third-order valence-electron chi connectivity index (χ3n) is 3.54. The zero-order chi connectivity index (χ0) is 13.0. The van der Waals surface area contributed by atoms with Crippen LogP contribution in [-0.4, -0.2) is 10.1 Å². The van der Waals surface area contributed by atoms with Gasteiger partial charge >= 0.3 is 0 Å². The van der Waals surface area contributed by atoms with Crippen molar-refractivity contribution >= 4 is 11.6 Å². The van der Waals surface area contributed by atoms with E-state index in [4.69, 9.17) is 16.1 Å². The van der Waals surface area contributed by atoms with Gasteiger partial charge in [-0.1, -0.05) is 49.3 Å². The molecule has 1 aromatic carbocycles. The molecule has 0 aliphatic carbocycles. The van der Waals surface area contributed by atoms with Crippen molar-refractivity contribution in [2.45, 2.75) is 38.0 Å². The summed E-state index contributed by atoms with van der Waals surface area (Å²) in [6.45, 7) is 4.29. The number of benzene rings is 1. The summed E-state index contributed by atoms with van der Waals surface area (Å²) in [5.41, 5.74) is 1.03. The van der Waals surface area contributed by atoms with Crippen molar-refractivity contribution in [2.24, 2.45) is 0 Å². The Kier molecular flexibility index (Phi) is 4.02. The summed E-state index contributed by atoms with van der Waals surface area (Å²) < 4.78 is 5.15. The van der Waals surface area contributed by atoms with Gasteiger partial charge in [-0.2, -0.15) is 4.98 Å². The van der Waals surface area contributed by atoms with Crippen LogP contribution in [0.15, 0.2) is 34.9 Å². The topological polar surface area (TPSA) is 38.9 Å². The first-order valence-electron chi connectivity index (χ1n) is 6.21. The van der Waals surface area contributed by atoms with E-state index in [2.05, 4.69) is 36.1 Å². The molecule has 1 aromatic heterocycles. The highest BCUT2D eigenvalue weighted by atomic mass is 35.5. The van der Waals surface area contributed by atoms with Gasteiger partial charge in [0, 0.05) is 0 Å². The smallest absolute Gasteiger partial charge is 0.241 e. The lowest BCUT2D eigenvalue weighted by Gasteiger charge is -2.28. The fourth-order valence-electron chi connectivity index (χ4n) is 2.36. The molecule has 0 bridgehead atoms. The van der Waals surface area contributed by atoms with E-state index in [0.717, 1.165) is 18.7 Å². The zero-order valence-electron chi connectivity index (χ0n) is 10.7. The number of rotatable bonds is 5. The van der Waals surface area contributed by atoms with Crippen molar-refractivity contribution in [3.05, 3.63) is 47.6 Å². The van der Waals surface area contributed by atoms with Gasteiger partial charge in [0.2, 0.25) is 5.89 Å². The number of hydrogen-bond acceptors (Lipinski definition) is 3. The van der Waals surface area contributed by atoms with E-state index >= 15 is 0 Å². The lowest BCUT2D eigenvalue weighted by Crippen LogP contribution is -2.27. The van der Waals surface area contributed by atoms with E-state index in [9.17, 15) is 0 Å². The summed E-state index contributed by atoms with van der Waals surface area (Å²) in [5, 5.41) is 4.11. The fraction of sp³-hybridized carbons (Fsp3) is 0.429. The molecule has 0 fully saturated rings. The molecule has 0 N–H and O–H groups in total. The van der Waals surface area contributed by atoms with Crippen LogP contribution < -0.4 is 0 Å². The van der Waals surface area contributed by atoms with Gasteiger partial charge in [-0.25, -0.2) is 0 Å². The maximum Gasteiger partial charge on any atom is 0.241 e. The van der Waals surface area contributed by atoms with Crippen molar-refractivity contribution in [2.75, 3.05) is 0 Å². The quantitative estimate of drug-likeness (QED) is 0.769. The molecular weight excluding hydrogens is 248 g/mol. The third kappa shape index (κ3) is 2.15. The molecule has 0 aliphatic rings. The van der Waals surface area contributed by atoms with Crippen molar-refractivity contribution < 1.29 is 4.52 Å². The maximum absolute atomic E-state index is 5.73. The lowest BCUT2D eigenvalue weighted by molar-refractivity contribution is 0.360. The van der Waals surface area contributed by atoms with E-state index < -0.39 is 0 Å². The highest BCUT2D eigenvalue weighted by Crippen LogP contribution is 2.36. The summed E-state index contributed by atoms with van der Waals surface area (Å²) in [6.07, 6.45) is 1.85. The van der Waals surface area contributed by atoms with Crippen LogP contribution in [0.25, 0.3) is 0 Å². The van der Waals surface area contributed by atoms with Crippen molar-refractivity contribution in [1.82, 2.24) is 10.1 Å². The Bertz CT molecular complexity index is 492. The van der Waals surface area contributed by atoms with E-state index in [-0.39, 0.29) is 11.3 Å². The largest absolute Gasteiger partial charge is 0.338 e. The van der Waals surface area contributed by atoms with Gasteiger partial charge in [0.1, 0.15) is 5.88 Å². The molecule has 0 radical (unpaired) electrons. The molecule has 0 aliphatic heterocycles. The van der Waals surface area contributed by atoms with E-state index in [1.165, 1.54) is 5.56 Å². The zero-order valence-corrected chi connectivity index (χ0v) is 11.4. The van der Waals surface area contributed by atoms with Gasteiger partial charge in [-0.05, 0) is 18.4 Å². The SMILES string of the molecule is CCC(CC)(c1ccccc1)c1noc(CCl)n1. The van der Waals surface area contributed by atoms with Gasteiger partial charge < -0.3 is 4.52 Å². The fourth-order valence-corrected chi connectivity index (χ4v) is 2.47. The third-order valence-corrected chi connectivity index (χ3v) is 3.77. The summed E-state index contributed by atoms with van der Waals surface area (Å²) in [7, 11) is 0. The van der Waals surface area contributed by atoms with Crippen LogP contribution in [0.1, 0.15) is 44.0 Å². The van der Waals surface area contributed by atoms with Crippen molar-refractivity contribution in [1.29, 1.82) is 0 Å². The Balaban J connectivity index is 2.50. The molecule has 96 valence electrons. The second-order valence-corrected chi connectivity index (χ2v) is 4.57. The number of hydrogen-bond donors (Lipinski definition) is 0. The van der Waals surface area contributed by atoms with Crippen LogP contribution in [0.3, 0.4) is 0 Å². The number of alkyl halides is 1. The highest BCUT2D eigenvalue weighted by Gasteiger charge is 2.35. The normalized spacial score (nSPS) is 11.7. The van der Waals surface area contributed by atoms with Gasteiger partial charge in [0.15, 0.2) is 5.82 Å². The molecule has 1 heterocycles. The van der Waals surface area contributed by atoms with Crippen LogP contribution in [0.2, 0.25) is 0 Å². The second kappa shape index (κ2) is 5.53. The average molecular weight is 265 g/mol. The van der Waals surface area contributed by atoms with Gasteiger partial charge in [-0.15, -0.1) is 11.6 Å². The minimum absolute atomic E-state index is 0.185. The average Bonchev–Trinajstić information content (AvgIpc) is 2.91. The minimum atomic E-state index is -0.185. The van der Waals surface area contributed by atoms with Crippen LogP contribution in [0, 0.1) is 0 Å². The standard InChI is InChI=1S/C14H17ClN2O/c1-3-14(4-2,11-8-6-5-7-9-11)13-16-12(10-15)18-17-13/h5-9H,3-4,10H2,1-2H3. The monoisotopic (exact) mass is 264 g/mol. The summed E-state index contributed by atoms with van der Waals surface area (Å²) in [5.74, 6) is 1.47. The predicted molar refractivity (Wildman–Crippen MR) is 71.7 cm³/mol. The van der Waals surface area contributed by atoms with Crippen LogP contribution in [0.5, 0.6) is 0 Å². The first-order valence-corrected chi connectivity index (χ1v) is 6.74. The molecule has 0 saturated heterocycles. The number of nitrogens with zero attached hydrogens (tertiary/aromatic N) is 2. The molecule has 0 saturated carbocycles. The Morgan fingerprint density at radius 2 is 1.83 bits per heavy atom. The minimum Gasteiger partial charge on any atom is -0.338 e. The van der Waals surface area contributed by atoms with Crippen molar-refractivity contribution in [3.63, 3.8) is 0 Å². The van der Waals surface area contributed by atoms with E-state index in [1.54, 1.807) is 0 Å². The molecular formula is C14H17ClN2O. The Morgan fingerprint density at radius 3 is 2.33 bits per heavy atom. The van der Waals surface area contributed by atoms with Gasteiger partial charge in [0.05, 0.1) is 5.41 Å². The Hall–Kier alpha value is -1.35. The molecule has 3 nitrogen and oxygen atoms in total. The first-order chi connectivity index (χ1) is 8.76. The molecule has 0 spiro atoms. The van der Waals surface area contributed by atoms with E-state index in [0.29, 0.717) is 5.89 Å². The number of halogens is 1. The second-order valence-electron chi connectivity index (χ2n) is 4.30. The van der Waals surface area contributed by atoms with Gasteiger partial charge in [0.25, 0.3) is 0 Å². The van der Waals surface area contributed by atoms with Crippen LogP contribution in [-0.2, 0) is 11.3 Å². The highest BCUT2D eigenvalue weighted by molar-refractivity contribution is 6.16. The molecule has 0 amide bonds.